The number of rotatable bonds is 7. The van der Waals surface area contributed by atoms with Gasteiger partial charge in [-0.15, -0.1) is 0 Å². The van der Waals surface area contributed by atoms with Gasteiger partial charge >= 0.3 is 0 Å². The number of nitrogens with zero attached hydrogens (tertiary/aromatic N) is 1. The van der Waals surface area contributed by atoms with Gasteiger partial charge in [-0.1, -0.05) is 6.42 Å². The number of nitrogen functional groups attached to an aromatic ring is 1. The normalized spacial score (nSPS) is 10.8. The van der Waals surface area contributed by atoms with E-state index in [-0.39, 0.29) is 0 Å². The molecule has 0 fully saturated rings. The van der Waals surface area contributed by atoms with E-state index in [1.807, 2.05) is 36.0 Å². The summed E-state index contributed by atoms with van der Waals surface area (Å²) < 4.78 is 0. The van der Waals surface area contributed by atoms with Crippen LogP contribution >= 0.6 is 11.8 Å². The molecular weight excluding hydrogens is 254 g/mol. The van der Waals surface area contributed by atoms with E-state index in [9.17, 15) is 0 Å². The molecule has 3 N–H and O–H groups in total. The number of nitrogens with two attached hydrogens (primary N) is 1. The van der Waals surface area contributed by atoms with Crippen LogP contribution in [0.3, 0.4) is 0 Å². The van der Waals surface area contributed by atoms with Crippen LogP contribution in [0.5, 0.6) is 0 Å². The maximum Gasteiger partial charge on any atom is 0.0724 e. The van der Waals surface area contributed by atoms with Gasteiger partial charge in [-0.25, -0.2) is 0 Å². The van der Waals surface area contributed by atoms with Gasteiger partial charge in [0.2, 0.25) is 0 Å². The molecule has 1 heterocycles. The molecule has 19 heavy (non-hydrogen) atoms. The second-order valence-electron chi connectivity index (χ2n) is 4.58. The summed E-state index contributed by atoms with van der Waals surface area (Å²) in [5.74, 6) is 1.25. The first-order chi connectivity index (χ1) is 9.33. The molecule has 0 radical (unpaired) electrons. The van der Waals surface area contributed by atoms with Crippen molar-refractivity contribution in [3.8, 4) is 0 Å². The average molecular weight is 275 g/mol. The van der Waals surface area contributed by atoms with Gasteiger partial charge in [0.15, 0.2) is 0 Å². The van der Waals surface area contributed by atoms with Crippen LogP contribution in [0.15, 0.2) is 30.5 Å². The lowest BCUT2D eigenvalue weighted by atomic mass is 10.1. The molecule has 0 amide bonds. The number of benzene rings is 1. The first-order valence-electron chi connectivity index (χ1n) is 6.69. The lowest BCUT2D eigenvalue weighted by Crippen LogP contribution is -2.04. The van der Waals surface area contributed by atoms with Crippen LogP contribution in [0.25, 0.3) is 10.9 Å². The van der Waals surface area contributed by atoms with Crippen LogP contribution < -0.4 is 11.1 Å². The smallest absolute Gasteiger partial charge is 0.0724 e. The lowest BCUT2D eigenvalue weighted by molar-refractivity contribution is 0.750. The molecule has 0 atom stereocenters. The van der Waals surface area contributed by atoms with E-state index in [1.165, 1.54) is 25.0 Å². The Kier molecular flexibility index (Phi) is 5.33. The molecule has 102 valence electrons. The molecule has 0 bridgehead atoms. The standard InChI is InChI=1S/C15H21N3S/c1-19-11-4-2-3-9-18-14-8-7-13-12(15(14)16)6-5-10-17-13/h5-8,10,18H,2-4,9,11,16H2,1H3. The summed E-state index contributed by atoms with van der Waals surface area (Å²) in [5, 5.41) is 4.45. The van der Waals surface area contributed by atoms with Crippen molar-refractivity contribution < 1.29 is 0 Å². The highest BCUT2D eigenvalue weighted by molar-refractivity contribution is 7.98. The van der Waals surface area contributed by atoms with Crippen LogP contribution in [-0.4, -0.2) is 23.5 Å². The van der Waals surface area contributed by atoms with Crippen molar-refractivity contribution in [3.63, 3.8) is 0 Å². The number of nitrogens with one attached hydrogen (secondary N) is 1. The van der Waals surface area contributed by atoms with Crippen LogP contribution in [0, 0.1) is 0 Å². The fraction of sp³-hybridized carbons (Fsp3) is 0.400. The van der Waals surface area contributed by atoms with Crippen LogP contribution in [0.1, 0.15) is 19.3 Å². The van der Waals surface area contributed by atoms with Gasteiger partial charge in [0.1, 0.15) is 0 Å². The molecule has 0 saturated heterocycles. The summed E-state index contributed by atoms with van der Waals surface area (Å²) in [7, 11) is 0. The molecule has 1 aromatic carbocycles. The third-order valence-electron chi connectivity index (χ3n) is 3.17. The van der Waals surface area contributed by atoms with Gasteiger partial charge in [-0.05, 0) is 49.1 Å². The molecule has 0 saturated carbocycles. The number of unbranched alkanes of at least 4 members (excludes halogenated alkanes) is 2. The van der Waals surface area contributed by atoms with Crippen molar-refractivity contribution in [3.05, 3.63) is 30.5 Å². The SMILES string of the molecule is CSCCCCCNc1ccc2ncccc2c1N. The molecule has 0 unspecified atom stereocenters. The quantitative estimate of drug-likeness (QED) is 0.596. The van der Waals surface area contributed by atoms with Crippen molar-refractivity contribution in [1.29, 1.82) is 0 Å². The second-order valence-corrected chi connectivity index (χ2v) is 5.56. The Bertz CT molecular complexity index is 528. The fourth-order valence-corrected chi connectivity index (χ4v) is 2.59. The third kappa shape index (κ3) is 3.77. The molecule has 0 aliphatic rings. The molecular formula is C15H21N3S. The molecule has 4 heteroatoms. The zero-order chi connectivity index (χ0) is 13.5. The predicted molar refractivity (Wildman–Crippen MR) is 86.9 cm³/mol. The van der Waals surface area contributed by atoms with E-state index in [0.717, 1.165) is 28.8 Å². The van der Waals surface area contributed by atoms with Crippen molar-refractivity contribution in [2.45, 2.75) is 19.3 Å². The van der Waals surface area contributed by atoms with Gasteiger partial charge in [-0.3, -0.25) is 4.98 Å². The number of thioether (sulfide) groups is 1. The Hall–Kier alpha value is -1.42. The van der Waals surface area contributed by atoms with Crippen molar-refractivity contribution in [2.75, 3.05) is 29.6 Å². The predicted octanol–water partition coefficient (Wildman–Crippen LogP) is 3.76. The number of hydrogen-bond acceptors (Lipinski definition) is 4. The molecule has 0 aliphatic carbocycles. The zero-order valence-corrected chi connectivity index (χ0v) is 12.2. The summed E-state index contributed by atoms with van der Waals surface area (Å²) in [6.07, 6.45) is 7.69. The highest BCUT2D eigenvalue weighted by atomic mass is 32.2. The minimum Gasteiger partial charge on any atom is -0.397 e. The molecule has 0 spiro atoms. The number of pyridine rings is 1. The van der Waals surface area contributed by atoms with E-state index in [2.05, 4.69) is 16.6 Å². The van der Waals surface area contributed by atoms with Gasteiger partial charge in [0.25, 0.3) is 0 Å². The highest BCUT2D eigenvalue weighted by Crippen LogP contribution is 2.27. The average Bonchev–Trinajstić information content (AvgIpc) is 2.45. The zero-order valence-electron chi connectivity index (χ0n) is 11.4. The summed E-state index contributed by atoms with van der Waals surface area (Å²) in [4.78, 5) is 4.30. The largest absolute Gasteiger partial charge is 0.397 e. The number of hydrogen-bond donors (Lipinski definition) is 2. The first kappa shape index (κ1) is 14.0. The van der Waals surface area contributed by atoms with Crippen LogP contribution in [0.2, 0.25) is 0 Å². The molecule has 3 nitrogen and oxygen atoms in total. The molecule has 2 rings (SSSR count). The Morgan fingerprint density at radius 3 is 2.95 bits per heavy atom. The summed E-state index contributed by atoms with van der Waals surface area (Å²) in [5.41, 5.74) is 8.94. The van der Waals surface area contributed by atoms with Gasteiger partial charge in [0, 0.05) is 18.1 Å². The van der Waals surface area contributed by atoms with Crippen LogP contribution in [-0.2, 0) is 0 Å². The molecule has 1 aromatic heterocycles. The van der Waals surface area contributed by atoms with E-state index in [0.29, 0.717) is 0 Å². The Morgan fingerprint density at radius 2 is 2.11 bits per heavy atom. The number of fused-ring (bicyclic) bond motifs is 1. The van der Waals surface area contributed by atoms with Gasteiger partial charge in [-0.2, -0.15) is 11.8 Å². The highest BCUT2D eigenvalue weighted by Gasteiger charge is 2.03. The number of anilines is 2. The third-order valence-corrected chi connectivity index (χ3v) is 3.86. The van der Waals surface area contributed by atoms with Crippen LogP contribution in [0.4, 0.5) is 11.4 Å². The maximum absolute atomic E-state index is 6.18. The second kappa shape index (κ2) is 7.24. The first-order valence-corrected chi connectivity index (χ1v) is 8.08. The number of aromatic nitrogens is 1. The fourth-order valence-electron chi connectivity index (χ4n) is 2.10. The maximum atomic E-state index is 6.18. The van der Waals surface area contributed by atoms with E-state index < -0.39 is 0 Å². The minimum absolute atomic E-state index is 0.801. The van der Waals surface area contributed by atoms with Gasteiger partial charge < -0.3 is 11.1 Å². The summed E-state index contributed by atoms with van der Waals surface area (Å²) >= 11 is 1.91. The Balaban J connectivity index is 1.92. The Morgan fingerprint density at radius 1 is 1.21 bits per heavy atom. The van der Waals surface area contributed by atoms with E-state index in [1.54, 1.807) is 6.20 Å². The van der Waals surface area contributed by atoms with Crippen molar-refractivity contribution in [2.24, 2.45) is 0 Å². The van der Waals surface area contributed by atoms with E-state index in [4.69, 9.17) is 5.73 Å². The molecule has 0 aliphatic heterocycles. The van der Waals surface area contributed by atoms with Crippen molar-refractivity contribution in [1.82, 2.24) is 4.98 Å². The lowest BCUT2D eigenvalue weighted by Gasteiger charge is -2.11. The topological polar surface area (TPSA) is 50.9 Å². The Labute approximate surface area is 119 Å². The summed E-state index contributed by atoms with van der Waals surface area (Å²) in [6, 6.07) is 7.97. The van der Waals surface area contributed by atoms with Gasteiger partial charge in [0.05, 0.1) is 16.9 Å². The van der Waals surface area contributed by atoms with Crippen molar-refractivity contribution >= 4 is 34.0 Å². The monoisotopic (exact) mass is 275 g/mol. The molecule has 2 aromatic rings. The minimum atomic E-state index is 0.801. The van der Waals surface area contributed by atoms with E-state index >= 15 is 0 Å². The summed E-state index contributed by atoms with van der Waals surface area (Å²) in [6.45, 7) is 0.977.